The molecule has 2 aliphatic rings. The van der Waals surface area contributed by atoms with E-state index in [2.05, 4.69) is 77.4 Å². The highest BCUT2D eigenvalue weighted by Gasteiger charge is 2.14. The van der Waals surface area contributed by atoms with Crippen molar-refractivity contribution in [1.29, 1.82) is 0 Å². The highest BCUT2D eigenvalue weighted by molar-refractivity contribution is 5.82. The predicted molar refractivity (Wildman–Crippen MR) is 167 cm³/mol. The second-order valence-electron chi connectivity index (χ2n) is 10.8. The molecule has 5 rings (SSSR count). The van der Waals surface area contributed by atoms with Crippen molar-refractivity contribution < 1.29 is 23.7 Å². The smallest absolute Gasteiger partial charge is 0.119 e. The van der Waals surface area contributed by atoms with E-state index in [1.165, 1.54) is 27.8 Å². The fourth-order valence-electron chi connectivity index (χ4n) is 5.47. The van der Waals surface area contributed by atoms with Gasteiger partial charge in [-0.2, -0.15) is 0 Å². The summed E-state index contributed by atoms with van der Waals surface area (Å²) in [4.78, 5) is 4.77. The summed E-state index contributed by atoms with van der Waals surface area (Å²) in [6, 6.07) is 25.3. The van der Waals surface area contributed by atoms with Crippen molar-refractivity contribution in [3.8, 4) is 17.2 Å². The van der Waals surface area contributed by atoms with Crippen LogP contribution < -0.4 is 14.2 Å². The van der Waals surface area contributed by atoms with E-state index in [-0.39, 0.29) is 0 Å². The lowest BCUT2D eigenvalue weighted by atomic mass is 9.90. The van der Waals surface area contributed by atoms with E-state index in [9.17, 15) is 0 Å². The van der Waals surface area contributed by atoms with Gasteiger partial charge in [0, 0.05) is 39.3 Å². The van der Waals surface area contributed by atoms with Gasteiger partial charge in [0.15, 0.2) is 0 Å². The van der Waals surface area contributed by atoms with Crippen LogP contribution in [0.25, 0.3) is 5.57 Å². The third kappa shape index (κ3) is 8.82. The first kappa shape index (κ1) is 30.1. The van der Waals surface area contributed by atoms with Gasteiger partial charge in [-0.25, -0.2) is 0 Å². The van der Waals surface area contributed by atoms with Crippen LogP contribution in [0.4, 0.5) is 0 Å². The lowest BCUT2D eigenvalue weighted by molar-refractivity contribution is 0.0321. The fourth-order valence-corrected chi connectivity index (χ4v) is 5.47. The molecule has 0 aromatic heterocycles. The monoisotopic (exact) mass is 572 g/mol. The number of nitrogens with zero attached hydrogens (tertiary/aromatic N) is 2. The topological polar surface area (TPSA) is 52.6 Å². The molecule has 0 spiro atoms. The average molecular weight is 573 g/mol. The van der Waals surface area contributed by atoms with Gasteiger partial charge in [0.1, 0.15) is 30.5 Å². The molecule has 0 aliphatic carbocycles. The molecule has 2 fully saturated rings. The minimum Gasteiger partial charge on any atom is -0.497 e. The maximum atomic E-state index is 6.09. The van der Waals surface area contributed by atoms with Gasteiger partial charge in [-0.1, -0.05) is 42.0 Å². The molecule has 2 saturated heterocycles. The third-order valence-electron chi connectivity index (χ3n) is 7.90. The molecule has 42 heavy (non-hydrogen) atoms. The fraction of sp³-hybridized carbons (Fsp3) is 0.429. The molecule has 0 amide bonds. The van der Waals surface area contributed by atoms with Gasteiger partial charge >= 0.3 is 0 Å². The Morgan fingerprint density at radius 2 is 1.05 bits per heavy atom. The van der Waals surface area contributed by atoms with E-state index in [0.717, 1.165) is 89.4 Å². The molecule has 0 unspecified atom stereocenters. The molecule has 3 aromatic carbocycles. The van der Waals surface area contributed by atoms with E-state index < -0.39 is 0 Å². The Morgan fingerprint density at radius 1 is 0.619 bits per heavy atom. The lowest BCUT2D eigenvalue weighted by Gasteiger charge is -2.26. The Hall–Kier alpha value is -3.36. The molecule has 2 aliphatic heterocycles. The zero-order chi connectivity index (χ0) is 29.0. The molecule has 0 saturated carbocycles. The van der Waals surface area contributed by atoms with Crippen LogP contribution in [-0.4, -0.2) is 95.8 Å². The van der Waals surface area contributed by atoms with Crippen molar-refractivity contribution in [3.63, 3.8) is 0 Å². The highest BCUT2D eigenvalue weighted by atomic mass is 16.5. The lowest BCUT2D eigenvalue weighted by Crippen LogP contribution is -2.38. The van der Waals surface area contributed by atoms with Crippen LogP contribution in [0.1, 0.15) is 23.6 Å². The second-order valence-corrected chi connectivity index (χ2v) is 10.8. The zero-order valence-corrected chi connectivity index (χ0v) is 25.1. The molecule has 0 bridgehead atoms. The van der Waals surface area contributed by atoms with Gasteiger partial charge in [-0.05, 0) is 72.0 Å². The molecule has 0 N–H and O–H groups in total. The maximum absolute atomic E-state index is 6.09. The van der Waals surface area contributed by atoms with Crippen molar-refractivity contribution in [2.45, 2.75) is 13.3 Å². The molecule has 3 aromatic rings. The minimum absolute atomic E-state index is 0.672. The van der Waals surface area contributed by atoms with Crippen LogP contribution in [0, 0.1) is 0 Å². The number of methoxy groups -OCH3 is 1. The molecule has 224 valence electrons. The average Bonchev–Trinajstić information content (AvgIpc) is 3.04. The van der Waals surface area contributed by atoms with E-state index in [4.69, 9.17) is 23.7 Å². The molecule has 7 nitrogen and oxygen atoms in total. The van der Waals surface area contributed by atoms with Gasteiger partial charge < -0.3 is 23.7 Å². The molecule has 2 heterocycles. The van der Waals surface area contributed by atoms with Crippen molar-refractivity contribution in [3.05, 3.63) is 95.1 Å². The normalized spacial score (nSPS) is 16.1. The summed E-state index contributed by atoms with van der Waals surface area (Å²) in [7, 11) is 1.70. The standard InChI is InChI=1S/C35H44N2O5/c1-28(27-29-3-9-32(38-2)10-4-29)35(30-5-11-33(12-6-30)41-25-19-36-15-21-39-22-16-36)31-7-13-34(14-8-31)42-26-20-37-17-23-40-24-18-37/h3-14H,15-27H2,1-2H3. The number of hydrogen-bond donors (Lipinski definition) is 0. The Labute approximate surface area is 250 Å². The van der Waals surface area contributed by atoms with Gasteiger partial charge in [0.25, 0.3) is 0 Å². The summed E-state index contributed by atoms with van der Waals surface area (Å²) in [5.41, 5.74) is 6.11. The highest BCUT2D eigenvalue weighted by Crippen LogP contribution is 2.31. The maximum Gasteiger partial charge on any atom is 0.119 e. The van der Waals surface area contributed by atoms with Crippen molar-refractivity contribution in [2.24, 2.45) is 0 Å². The summed E-state index contributed by atoms with van der Waals surface area (Å²) in [6.45, 7) is 12.5. The molecular formula is C35H44N2O5. The van der Waals surface area contributed by atoms with E-state index >= 15 is 0 Å². The largest absolute Gasteiger partial charge is 0.497 e. The van der Waals surface area contributed by atoms with Crippen molar-refractivity contribution >= 4 is 5.57 Å². The third-order valence-corrected chi connectivity index (χ3v) is 7.90. The summed E-state index contributed by atoms with van der Waals surface area (Å²) in [5.74, 6) is 2.65. The van der Waals surface area contributed by atoms with E-state index in [0.29, 0.717) is 13.2 Å². The number of benzene rings is 3. The SMILES string of the molecule is COc1ccc(CC(C)=C(c2ccc(OCCN3CCOCC3)cc2)c2ccc(OCCN3CCOCC3)cc2)cc1. The quantitative estimate of drug-likeness (QED) is 0.280. The van der Waals surface area contributed by atoms with Crippen molar-refractivity contribution in [2.75, 3.05) is 86.0 Å². The van der Waals surface area contributed by atoms with Gasteiger partial charge in [0.2, 0.25) is 0 Å². The van der Waals surface area contributed by atoms with Crippen molar-refractivity contribution in [1.82, 2.24) is 9.80 Å². The van der Waals surface area contributed by atoms with Crippen LogP contribution in [0.3, 0.4) is 0 Å². The molecule has 0 atom stereocenters. The van der Waals surface area contributed by atoms with Crippen LogP contribution in [0.2, 0.25) is 0 Å². The summed E-state index contributed by atoms with van der Waals surface area (Å²) < 4.78 is 28.4. The summed E-state index contributed by atoms with van der Waals surface area (Å²) in [6.07, 6.45) is 0.842. The van der Waals surface area contributed by atoms with E-state index in [1.54, 1.807) is 7.11 Å². The summed E-state index contributed by atoms with van der Waals surface area (Å²) >= 11 is 0. The number of hydrogen-bond acceptors (Lipinski definition) is 7. The van der Waals surface area contributed by atoms with Gasteiger partial charge in [0.05, 0.1) is 33.5 Å². The molecule has 7 heteroatoms. The van der Waals surface area contributed by atoms with Gasteiger partial charge in [-0.15, -0.1) is 0 Å². The number of morpholine rings is 2. The Balaban J connectivity index is 1.28. The van der Waals surface area contributed by atoms with Gasteiger partial charge in [-0.3, -0.25) is 9.80 Å². The first-order valence-electron chi connectivity index (χ1n) is 15.1. The first-order chi connectivity index (χ1) is 20.7. The van der Waals surface area contributed by atoms with Crippen LogP contribution in [-0.2, 0) is 15.9 Å². The second kappa shape index (κ2) is 15.8. The Morgan fingerprint density at radius 3 is 1.48 bits per heavy atom. The summed E-state index contributed by atoms with van der Waals surface area (Å²) in [5, 5.41) is 0. The number of ether oxygens (including phenoxy) is 5. The number of allylic oxidation sites excluding steroid dienone is 1. The minimum atomic E-state index is 0.672. The van der Waals surface area contributed by atoms with Crippen LogP contribution in [0.15, 0.2) is 78.4 Å². The molecular weight excluding hydrogens is 528 g/mol. The first-order valence-corrected chi connectivity index (χ1v) is 15.1. The van der Waals surface area contributed by atoms with Crippen LogP contribution >= 0.6 is 0 Å². The Bertz CT molecular complexity index is 1180. The molecule has 0 radical (unpaired) electrons. The van der Waals surface area contributed by atoms with Crippen LogP contribution in [0.5, 0.6) is 17.2 Å². The van der Waals surface area contributed by atoms with E-state index in [1.807, 2.05) is 12.1 Å². The Kier molecular flexibility index (Phi) is 11.3. The predicted octanol–water partition coefficient (Wildman–Crippen LogP) is 5.18. The number of rotatable bonds is 13. The zero-order valence-electron chi connectivity index (χ0n) is 25.1.